The fraction of sp³-hybridized carbons (Fsp3) is 0.526. The van der Waals surface area contributed by atoms with E-state index in [1.54, 1.807) is 24.3 Å². The summed E-state index contributed by atoms with van der Waals surface area (Å²) in [5, 5.41) is 11.4. The Bertz CT molecular complexity index is 759. The number of hydrogen-bond donors (Lipinski definition) is 1. The molecule has 0 saturated carbocycles. The molecule has 152 valence electrons. The van der Waals surface area contributed by atoms with E-state index >= 15 is 0 Å². The number of carbonyl (C=O) groups is 1. The van der Waals surface area contributed by atoms with E-state index in [2.05, 4.69) is 15.5 Å². The number of amides is 1. The van der Waals surface area contributed by atoms with E-state index in [9.17, 15) is 4.79 Å². The number of halogens is 1. The molecular weight excluding hydrogens is 386 g/mol. The molecule has 1 aliphatic heterocycles. The summed E-state index contributed by atoms with van der Waals surface area (Å²) in [7, 11) is 0. The Labute approximate surface area is 168 Å². The van der Waals surface area contributed by atoms with Crippen molar-refractivity contribution in [1.29, 1.82) is 0 Å². The van der Waals surface area contributed by atoms with Gasteiger partial charge < -0.3 is 23.9 Å². The molecule has 0 aliphatic carbocycles. The van der Waals surface area contributed by atoms with Crippen LogP contribution in [-0.2, 0) is 9.53 Å². The summed E-state index contributed by atoms with van der Waals surface area (Å²) in [4.78, 5) is 12.1. The highest BCUT2D eigenvalue weighted by Gasteiger charge is 2.28. The fourth-order valence-corrected chi connectivity index (χ4v) is 2.79. The van der Waals surface area contributed by atoms with Crippen molar-refractivity contribution in [3.8, 4) is 11.8 Å². The molecule has 3 rings (SSSR count). The third kappa shape index (κ3) is 5.84. The molecule has 1 saturated heterocycles. The molecule has 1 aromatic heterocycles. The number of nitrogens with zero attached hydrogens (tertiary/aromatic N) is 2. The first kappa shape index (κ1) is 20.4. The lowest BCUT2D eigenvalue weighted by atomic mass is 10.1. The number of carbonyl (C=O) groups excluding carboxylic acids is 1. The van der Waals surface area contributed by atoms with Gasteiger partial charge in [0.15, 0.2) is 6.61 Å². The smallest absolute Gasteiger partial charge is 0.414 e. The molecule has 0 radical (unpaired) electrons. The number of hydrogen-bond acceptors (Lipinski definition) is 7. The van der Waals surface area contributed by atoms with E-state index < -0.39 is 0 Å². The second-order valence-electron chi connectivity index (χ2n) is 6.65. The van der Waals surface area contributed by atoms with E-state index in [1.807, 2.05) is 13.8 Å². The number of rotatable bonds is 8. The maximum atomic E-state index is 12.1. The Morgan fingerprint density at radius 3 is 2.79 bits per heavy atom. The minimum Gasteiger partial charge on any atom is -0.484 e. The minimum absolute atomic E-state index is 0.00950. The van der Waals surface area contributed by atoms with Crippen molar-refractivity contribution in [2.75, 3.05) is 13.2 Å². The van der Waals surface area contributed by atoms with E-state index in [0.29, 0.717) is 29.7 Å². The fourth-order valence-electron chi connectivity index (χ4n) is 2.66. The molecule has 0 bridgehead atoms. The number of benzene rings is 1. The zero-order valence-electron chi connectivity index (χ0n) is 15.9. The topological polar surface area (TPSA) is 95.7 Å². The molecule has 1 unspecified atom stereocenters. The maximum absolute atomic E-state index is 12.1. The van der Waals surface area contributed by atoms with Gasteiger partial charge in [-0.3, -0.25) is 4.79 Å². The molecule has 2 heterocycles. The van der Waals surface area contributed by atoms with Gasteiger partial charge >= 0.3 is 6.08 Å². The summed E-state index contributed by atoms with van der Waals surface area (Å²) in [5.41, 5.74) is 0. The SMILES string of the molecule is CCC(C)Oc1nnc([C@H]2CC[C@H](NC(=O)COc3ccc(Cl)cc3)CO2)o1. The van der Waals surface area contributed by atoms with Crippen LogP contribution in [-0.4, -0.2) is 41.5 Å². The molecular formula is C19H24ClN3O5. The van der Waals surface area contributed by atoms with Crippen LogP contribution in [0.15, 0.2) is 28.7 Å². The van der Waals surface area contributed by atoms with Crippen molar-refractivity contribution < 1.29 is 23.4 Å². The zero-order valence-corrected chi connectivity index (χ0v) is 16.6. The molecule has 1 aliphatic rings. The molecule has 0 spiro atoms. The molecule has 1 N–H and O–H groups in total. The molecule has 1 aromatic carbocycles. The summed E-state index contributed by atoms with van der Waals surface area (Å²) in [6.07, 6.45) is 2.12. The quantitative estimate of drug-likeness (QED) is 0.714. The van der Waals surface area contributed by atoms with Gasteiger partial charge in [-0.2, -0.15) is 0 Å². The van der Waals surface area contributed by atoms with Crippen LogP contribution in [0.1, 0.15) is 45.1 Å². The predicted octanol–water partition coefficient (Wildman–Crippen LogP) is 3.32. The summed E-state index contributed by atoms with van der Waals surface area (Å²) >= 11 is 5.82. The van der Waals surface area contributed by atoms with Crippen LogP contribution < -0.4 is 14.8 Å². The molecule has 8 nitrogen and oxygen atoms in total. The molecule has 3 atom stereocenters. The summed E-state index contributed by atoms with van der Waals surface area (Å²) in [6.45, 7) is 4.24. The highest BCUT2D eigenvalue weighted by atomic mass is 35.5. The predicted molar refractivity (Wildman–Crippen MR) is 101 cm³/mol. The molecule has 2 aromatic rings. The van der Waals surface area contributed by atoms with E-state index in [0.717, 1.165) is 12.8 Å². The van der Waals surface area contributed by atoms with Gasteiger partial charge in [-0.1, -0.05) is 23.6 Å². The van der Waals surface area contributed by atoms with Crippen LogP contribution >= 0.6 is 11.6 Å². The summed E-state index contributed by atoms with van der Waals surface area (Å²) in [6, 6.07) is 6.76. The minimum atomic E-state index is -0.291. The highest BCUT2D eigenvalue weighted by Crippen LogP contribution is 2.28. The van der Waals surface area contributed by atoms with Crippen LogP contribution in [0.2, 0.25) is 5.02 Å². The maximum Gasteiger partial charge on any atom is 0.414 e. The van der Waals surface area contributed by atoms with Crippen LogP contribution in [0.25, 0.3) is 0 Å². The highest BCUT2D eigenvalue weighted by molar-refractivity contribution is 6.30. The van der Waals surface area contributed by atoms with Crippen molar-refractivity contribution in [3.05, 3.63) is 35.2 Å². The molecule has 1 amide bonds. The van der Waals surface area contributed by atoms with Gasteiger partial charge in [-0.15, -0.1) is 5.10 Å². The first-order valence-corrected chi connectivity index (χ1v) is 9.70. The Balaban J connectivity index is 1.40. The number of nitrogens with one attached hydrogen (secondary N) is 1. The van der Waals surface area contributed by atoms with Gasteiger partial charge in [0, 0.05) is 5.02 Å². The van der Waals surface area contributed by atoms with E-state index in [-0.39, 0.29) is 36.8 Å². The Kier molecular flexibility index (Phi) is 7.11. The first-order chi connectivity index (χ1) is 13.5. The average Bonchev–Trinajstić information content (AvgIpc) is 3.16. The Hall–Kier alpha value is -2.32. The molecule has 1 fully saturated rings. The van der Waals surface area contributed by atoms with Gasteiger partial charge in [0.1, 0.15) is 18.0 Å². The van der Waals surface area contributed by atoms with Crippen molar-refractivity contribution in [2.45, 2.75) is 51.4 Å². The lowest BCUT2D eigenvalue weighted by Gasteiger charge is -2.27. The third-order valence-corrected chi connectivity index (χ3v) is 4.65. The van der Waals surface area contributed by atoms with E-state index in [4.69, 9.17) is 30.2 Å². The van der Waals surface area contributed by atoms with Crippen molar-refractivity contribution in [3.63, 3.8) is 0 Å². The number of aromatic nitrogens is 2. The Morgan fingerprint density at radius 1 is 1.32 bits per heavy atom. The zero-order chi connectivity index (χ0) is 19.9. The van der Waals surface area contributed by atoms with Crippen molar-refractivity contribution >= 4 is 17.5 Å². The van der Waals surface area contributed by atoms with Gasteiger partial charge in [0.2, 0.25) is 5.89 Å². The standard InChI is InChI=1S/C19H24ClN3O5/c1-3-12(2)27-19-23-22-18(28-19)16-9-6-14(10-26-16)21-17(24)11-25-15-7-4-13(20)5-8-15/h4-5,7-8,12,14,16H,3,6,9-11H2,1-2H3,(H,21,24)/t12?,14-,16+/m0/s1. The van der Waals surface area contributed by atoms with Gasteiger partial charge in [0.25, 0.3) is 5.91 Å². The van der Waals surface area contributed by atoms with Crippen molar-refractivity contribution in [2.24, 2.45) is 0 Å². The van der Waals surface area contributed by atoms with E-state index in [1.165, 1.54) is 0 Å². The van der Waals surface area contributed by atoms with Gasteiger partial charge in [-0.05, 0) is 50.5 Å². The van der Waals surface area contributed by atoms with Crippen molar-refractivity contribution in [1.82, 2.24) is 15.5 Å². The Morgan fingerprint density at radius 2 is 2.11 bits per heavy atom. The molecule has 28 heavy (non-hydrogen) atoms. The molecule has 9 heteroatoms. The monoisotopic (exact) mass is 409 g/mol. The lowest BCUT2D eigenvalue weighted by Crippen LogP contribution is -2.43. The largest absolute Gasteiger partial charge is 0.484 e. The lowest BCUT2D eigenvalue weighted by molar-refractivity contribution is -0.125. The van der Waals surface area contributed by atoms with Crippen LogP contribution in [0.5, 0.6) is 11.8 Å². The van der Waals surface area contributed by atoms with Gasteiger partial charge in [0.05, 0.1) is 12.6 Å². The second-order valence-corrected chi connectivity index (χ2v) is 7.09. The van der Waals surface area contributed by atoms with Crippen LogP contribution in [0, 0.1) is 0 Å². The summed E-state index contributed by atoms with van der Waals surface area (Å²) < 4.78 is 22.2. The van der Waals surface area contributed by atoms with Gasteiger partial charge in [-0.25, -0.2) is 0 Å². The first-order valence-electron chi connectivity index (χ1n) is 9.33. The normalized spacial score (nSPS) is 20.4. The summed E-state index contributed by atoms with van der Waals surface area (Å²) in [5.74, 6) is 0.782. The second kappa shape index (κ2) is 9.75. The van der Waals surface area contributed by atoms with Crippen LogP contribution in [0.4, 0.5) is 0 Å². The van der Waals surface area contributed by atoms with Crippen LogP contribution in [0.3, 0.4) is 0 Å². The average molecular weight is 410 g/mol. The number of ether oxygens (including phenoxy) is 3. The third-order valence-electron chi connectivity index (χ3n) is 4.40.